The first-order valence-electron chi connectivity index (χ1n) is 8.00. The summed E-state index contributed by atoms with van der Waals surface area (Å²) >= 11 is 0. The molecule has 5 heteroatoms. The molecule has 0 rings (SSSR count). The summed E-state index contributed by atoms with van der Waals surface area (Å²) in [4.78, 5) is 23.6. The van der Waals surface area contributed by atoms with Crippen molar-refractivity contribution in [3.05, 3.63) is 0 Å². The minimum atomic E-state index is -0.489. The number of carbonyl (C=O) groups is 2. The Morgan fingerprint density at radius 2 is 1.81 bits per heavy atom. The van der Waals surface area contributed by atoms with Gasteiger partial charge in [-0.2, -0.15) is 0 Å². The molecule has 1 amide bonds. The van der Waals surface area contributed by atoms with E-state index >= 15 is 0 Å². The fourth-order valence-electron chi connectivity index (χ4n) is 2.24. The van der Waals surface area contributed by atoms with Crippen molar-refractivity contribution in [3.8, 4) is 0 Å². The lowest BCUT2D eigenvalue weighted by atomic mass is 9.93. The molecule has 0 aromatic rings. The van der Waals surface area contributed by atoms with Gasteiger partial charge in [-0.15, -0.1) is 0 Å². The van der Waals surface area contributed by atoms with Crippen molar-refractivity contribution >= 4 is 11.9 Å². The molecule has 0 aromatic carbocycles. The van der Waals surface area contributed by atoms with Crippen molar-refractivity contribution in [1.29, 1.82) is 0 Å². The molecule has 0 aromatic heterocycles. The van der Waals surface area contributed by atoms with Gasteiger partial charge in [-0.05, 0) is 31.1 Å². The molecular formula is C16H32N2O3. The van der Waals surface area contributed by atoms with Gasteiger partial charge in [0.05, 0.1) is 19.1 Å². The highest BCUT2D eigenvalue weighted by atomic mass is 16.5. The Hall–Kier alpha value is -1.10. The van der Waals surface area contributed by atoms with E-state index in [0.717, 1.165) is 12.8 Å². The Morgan fingerprint density at radius 1 is 1.19 bits per heavy atom. The number of amides is 1. The molecular weight excluding hydrogens is 268 g/mol. The molecule has 0 bridgehead atoms. The quantitative estimate of drug-likeness (QED) is 0.605. The van der Waals surface area contributed by atoms with Crippen LogP contribution in [-0.2, 0) is 14.3 Å². The summed E-state index contributed by atoms with van der Waals surface area (Å²) in [5, 5.41) is 2.88. The van der Waals surface area contributed by atoms with Crippen LogP contribution in [-0.4, -0.2) is 31.1 Å². The molecule has 2 unspecified atom stereocenters. The lowest BCUT2D eigenvalue weighted by Gasteiger charge is -2.22. The summed E-state index contributed by atoms with van der Waals surface area (Å²) in [5.74, 6) is 0.367. The number of ether oxygens (including phenoxy) is 1. The van der Waals surface area contributed by atoms with Gasteiger partial charge in [0, 0.05) is 6.54 Å². The van der Waals surface area contributed by atoms with Gasteiger partial charge in [0.1, 0.15) is 0 Å². The summed E-state index contributed by atoms with van der Waals surface area (Å²) < 4.78 is 4.99. The van der Waals surface area contributed by atoms with E-state index in [1.807, 2.05) is 13.8 Å². The van der Waals surface area contributed by atoms with Crippen molar-refractivity contribution in [2.75, 3.05) is 13.2 Å². The maximum atomic E-state index is 12.0. The molecule has 3 N–H and O–H groups in total. The van der Waals surface area contributed by atoms with Crippen LogP contribution in [0.4, 0.5) is 0 Å². The van der Waals surface area contributed by atoms with E-state index in [1.165, 1.54) is 0 Å². The standard InChI is InChI=1S/C16H32N2O3/c1-6-12(5)15(17)16(20)18-10-13(8-11(3)4)9-14(19)21-7-2/h11-13,15H,6-10,17H2,1-5H3,(H,18,20)/t12?,13-,15?/m0/s1. The second-order valence-electron chi connectivity index (χ2n) is 6.16. The van der Waals surface area contributed by atoms with Crippen LogP contribution in [0.1, 0.15) is 53.9 Å². The van der Waals surface area contributed by atoms with Gasteiger partial charge in [-0.25, -0.2) is 0 Å². The van der Waals surface area contributed by atoms with Crippen molar-refractivity contribution in [2.45, 2.75) is 59.9 Å². The predicted molar refractivity (Wildman–Crippen MR) is 84.6 cm³/mol. The third-order valence-corrected chi connectivity index (χ3v) is 3.69. The van der Waals surface area contributed by atoms with Crippen molar-refractivity contribution in [1.82, 2.24) is 5.32 Å². The number of esters is 1. The third-order valence-electron chi connectivity index (χ3n) is 3.69. The summed E-state index contributed by atoms with van der Waals surface area (Å²) in [6.45, 7) is 10.8. The van der Waals surface area contributed by atoms with Crippen molar-refractivity contribution in [3.63, 3.8) is 0 Å². The zero-order valence-electron chi connectivity index (χ0n) is 14.1. The van der Waals surface area contributed by atoms with Crippen LogP contribution in [0.2, 0.25) is 0 Å². The van der Waals surface area contributed by atoms with Gasteiger partial charge in [0.2, 0.25) is 5.91 Å². The van der Waals surface area contributed by atoms with Crippen LogP contribution < -0.4 is 11.1 Å². The maximum absolute atomic E-state index is 12.0. The number of nitrogens with one attached hydrogen (secondary N) is 1. The van der Waals surface area contributed by atoms with Crippen LogP contribution in [0.3, 0.4) is 0 Å². The highest BCUT2D eigenvalue weighted by Gasteiger charge is 2.22. The van der Waals surface area contributed by atoms with Crippen LogP contribution in [0.5, 0.6) is 0 Å². The lowest BCUT2D eigenvalue weighted by molar-refractivity contribution is -0.144. The first-order chi connectivity index (χ1) is 9.81. The third kappa shape index (κ3) is 8.71. The average Bonchev–Trinajstić information content (AvgIpc) is 2.42. The van der Waals surface area contributed by atoms with Gasteiger partial charge in [0.25, 0.3) is 0 Å². The molecule has 0 saturated heterocycles. The molecule has 0 aliphatic rings. The summed E-state index contributed by atoms with van der Waals surface area (Å²) in [6, 6.07) is -0.489. The van der Waals surface area contributed by atoms with Gasteiger partial charge in [0.15, 0.2) is 0 Å². The normalized spacial score (nSPS) is 15.4. The summed E-state index contributed by atoms with van der Waals surface area (Å²) in [6.07, 6.45) is 2.08. The number of hydrogen-bond donors (Lipinski definition) is 2. The van der Waals surface area contributed by atoms with Gasteiger partial charge in [-0.1, -0.05) is 34.1 Å². The number of carbonyl (C=O) groups excluding carboxylic acids is 2. The van der Waals surface area contributed by atoms with Crippen LogP contribution in [0.25, 0.3) is 0 Å². The Kier molecular flexibility index (Phi) is 10.0. The van der Waals surface area contributed by atoms with Crippen LogP contribution >= 0.6 is 0 Å². The molecule has 0 aliphatic carbocycles. The van der Waals surface area contributed by atoms with E-state index in [4.69, 9.17) is 10.5 Å². The first-order valence-corrected chi connectivity index (χ1v) is 8.00. The highest BCUT2D eigenvalue weighted by molar-refractivity contribution is 5.81. The molecule has 5 nitrogen and oxygen atoms in total. The van der Waals surface area contributed by atoms with Gasteiger partial charge < -0.3 is 15.8 Å². The molecule has 0 spiro atoms. The Morgan fingerprint density at radius 3 is 2.29 bits per heavy atom. The van der Waals surface area contributed by atoms with Gasteiger partial charge in [-0.3, -0.25) is 9.59 Å². The largest absolute Gasteiger partial charge is 0.466 e. The minimum absolute atomic E-state index is 0.0946. The summed E-state index contributed by atoms with van der Waals surface area (Å²) in [7, 11) is 0. The van der Waals surface area contributed by atoms with Crippen molar-refractivity contribution in [2.24, 2.45) is 23.5 Å². The number of nitrogens with two attached hydrogens (primary N) is 1. The predicted octanol–water partition coefficient (Wildman–Crippen LogP) is 2.09. The molecule has 0 saturated carbocycles. The number of rotatable bonds is 10. The Balaban J connectivity index is 4.40. The molecule has 0 heterocycles. The first kappa shape index (κ1) is 19.9. The van der Waals surface area contributed by atoms with E-state index in [2.05, 4.69) is 19.2 Å². The second-order valence-corrected chi connectivity index (χ2v) is 6.16. The van der Waals surface area contributed by atoms with E-state index in [-0.39, 0.29) is 23.7 Å². The molecule has 124 valence electrons. The second kappa shape index (κ2) is 10.6. The lowest BCUT2D eigenvalue weighted by Crippen LogP contribution is -2.46. The van der Waals surface area contributed by atoms with E-state index in [9.17, 15) is 9.59 Å². The van der Waals surface area contributed by atoms with Crippen LogP contribution in [0, 0.1) is 17.8 Å². The smallest absolute Gasteiger partial charge is 0.306 e. The monoisotopic (exact) mass is 300 g/mol. The molecule has 3 atom stereocenters. The highest BCUT2D eigenvalue weighted by Crippen LogP contribution is 2.16. The molecule has 0 radical (unpaired) electrons. The van der Waals surface area contributed by atoms with E-state index in [0.29, 0.717) is 25.5 Å². The minimum Gasteiger partial charge on any atom is -0.466 e. The van der Waals surface area contributed by atoms with Crippen LogP contribution in [0.15, 0.2) is 0 Å². The van der Waals surface area contributed by atoms with E-state index in [1.54, 1.807) is 6.92 Å². The number of hydrogen-bond acceptors (Lipinski definition) is 4. The van der Waals surface area contributed by atoms with E-state index < -0.39 is 6.04 Å². The molecule has 21 heavy (non-hydrogen) atoms. The van der Waals surface area contributed by atoms with Gasteiger partial charge >= 0.3 is 5.97 Å². The fourth-order valence-corrected chi connectivity index (χ4v) is 2.24. The molecule has 0 fully saturated rings. The maximum Gasteiger partial charge on any atom is 0.306 e. The fraction of sp³-hybridized carbons (Fsp3) is 0.875. The molecule has 0 aliphatic heterocycles. The Bertz CT molecular complexity index is 319. The summed E-state index contributed by atoms with van der Waals surface area (Å²) in [5.41, 5.74) is 5.90. The Labute approximate surface area is 129 Å². The zero-order chi connectivity index (χ0) is 16.4. The SMILES string of the molecule is CCOC(=O)C[C@@H](CNC(=O)C(N)C(C)CC)CC(C)C. The zero-order valence-corrected chi connectivity index (χ0v) is 14.1. The topological polar surface area (TPSA) is 81.4 Å². The average molecular weight is 300 g/mol. The van der Waals surface area contributed by atoms with Crippen molar-refractivity contribution < 1.29 is 14.3 Å².